The lowest BCUT2D eigenvalue weighted by atomic mass is 10.0. The van der Waals surface area contributed by atoms with Crippen molar-refractivity contribution < 1.29 is 0 Å². The molecule has 0 bridgehead atoms. The van der Waals surface area contributed by atoms with Crippen molar-refractivity contribution in [3.05, 3.63) is 51.0 Å². The molecule has 84 valence electrons. The molecule has 0 amide bonds. The van der Waals surface area contributed by atoms with E-state index in [-0.39, 0.29) is 0 Å². The zero-order valence-corrected chi connectivity index (χ0v) is 10.5. The molecule has 0 spiro atoms. The first kappa shape index (κ1) is 11.3. The summed E-state index contributed by atoms with van der Waals surface area (Å²) in [5.74, 6) is 0. The van der Waals surface area contributed by atoms with Gasteiger partial charge in [0, 0.05) is 17.8 Å². The van der Waals surface area contributed by atoms with Crippen LogP contribution < -0.4 is 5.73 Å². The summed E-state index contributed by atoms with van der Waals surface area (Å²) in [6.45, 7) is 4.75. The molecule has 0 radical (unpaired) electrons. The number of rotatable bonds is 3. The van der Waals surface area contributed by atoms with E-state index in [4.69, 9.17) is 5.73 Å². The highest BCUT2D eigenvalue weighted by Crippen LogP contribution is 2.22. The van der Waals surface area contributed by atoms with Crippen LogP contribution in [0.15, 0.2) is 24.3 Å². The molecule has 0 aliphatic heterocycles. The highest BCUT2D eigenvalue weighted by molar-refractivity contribution is 7.11. The van der Waals surface area contributed by atoms with Gasteiger partial charge in [-0.15, -0.1) is 11.3 Å². The van der Waals surface area contributed by atoms with Crippen LogP contribution in [0, 0.1) is 13.8 Å². The third-order valence-electron chi connectivity index (χ3n) is 2.72. The minimum atomic E-state index is 0.541. The van der Waals surface area contributed by atoms with Gasteiger partial charge in [-0.25, -0.2) is 4.98 Å². The van der Waals surface area contributed by atoms with Gasteiger partial charge in [-0.1, -0.05) is 24.3 Å². The summed E-state index contributed by atoms with van der Waals surface area (Å²) in [6.07, 6.45) is 0.968. The van der Waals surface area contributed by atoms with Gasteiger partial charge in [0.05, 0.1) is 5.69 Å². The first-order valence-electron chi connectivity index (χ1n) is 5.40. The number of hydrogen-bond donors (Lipinski definition) is 1. The minimum Gasteiger partial charge on any atom is -0.325 e. The SMILES string of the molecule is Cc1ccccc1Cc1sc(CN)nc1C. The van der Waals surface area contributed by atoms with Gasteiger partial charge in [0.15, 0.2) is 0 Å². The molecule has 2 rings (SSSR count). The van der Waals surface area contributed by atoms with Crippen LogP contribution in [0.3, 0.4) is 0 Å². The van der Waals surface area contributed by atoms with Crippen molar-refractivity contribution in [2.45, 2.75) is 26.8 Å². The Morgan fingerprint density at radius 2 is 2.00 bits per heavy atom. The Hall–Kier alpha value is -1.19. The van der Waals surface area contributed by atoms with Crippen LogP contribution >= 0.6 is 11.3 Å². The van der Waals surface area contributed by atoms with E-state index in [1.165, 1.54) is 16.0 Å². The predicted octanol–water partition coefficient (Wildman–Crippen LogP) is 2.81. The van der Waals surface area contributed by atoms with Crippen LogP contribution in [0.1, 0.15) is 26.7 Å². The normalized spacial score (nSPS) is 10.7. The van der Waals surface area contributed by atoms with Crippen LogP contribution in [0.2, 0.25) is 0 Å². The van der Waals surface area contributed by atoms with Gasteiger partial charge in [-0.3, -0.25) is 0 Å². The highest BCUT2D eigenvalue weighted by atomic mass is 32.1. The molecule has 0 saturated heterocycles. The maximum Gasteiger partial charge on any atom is 0.107 e. The third-order valence-corrected chi connectivity index (χ3v) is 3.90. The molecular weight excluding hydrogens is 216 g/mol. The molecule has 2 aromatic rings. The third kappa shape index (κ3) is 2.31. The fraction of sp³-hybridized carbons (Fsp3) is 0.308. The molecule has 0 atom stereocenters. The van der Waals surface area contributed by atoms with Gasteiger partial charge in [0.2, 0.25) is 0 Å². The van der Waals surface area contributed by atoms with Gasteiger partial charge < -0.3 is 5.73 Å². The Morgan fingerprint density at radius 1 is 1.25 bits per heavy atom. The van der Waals surface area contributed by atoms with Gasteiger partial charge in [0.1, 0.15) is 5.01 Å². The number of aromatic nitrogens is 1. The maximum atomic E-state index is 5.60. The number of aryl methyl sites for hydroxylation is 2. The predicted molar refractivity (Wildman–Crippen MR) is 68.7 cm³/mol. The molecule has 0 aliphatic rings. The van der Waals surface area contributed by atoms with Crippen molar-refractivity contribution in [1.29, 1.82) is 0 Å². The molecule has 0 aliphatic carbocycles. The van der Waals surface area contributed by atoms with Gasteiger partial charge in [-0.05, 0) is 25.0 Å². The largest absolute Gasteiger partial charge is 0.325 e. The Kier molecular flexibility index (Phi) is 3.36. The van der Waals surface area contributed by atoms with Crippen molar-refractivity contribution in [3.63, 3.8) is 0 Å². The van der Waals surface area contributed by atoms with E-state index in [1.807, 2.05) is 0 Å². The molecular formula is C13H16N2S. The first-order chi connectivity index (χ1) is 7.70. The van der Waals surface area contributed by atoms with Gasteiger partial charge >= 0.3 is 0 Å². The second-order valence-corrected chi connectivity index (χ2v) is 5.09. The van der Waals surface area contributed by atoms with Crippen LogP contribution in [0.5, 0.6) is 0 Å². The fourth-order valence-electron chi connectivity index (χ4n) is 1.72. The van der Waals surface area contributed by atoms with Crippen LogP contribution in [-0.2, 0) is 13.0 Å². The van der Waals surface area contributed by atoms with E-state index in [1.54, 1.807) is 11.3 Å². The molecule has 16 heavy (non-hydrogen) atoms. The summed E-state index contributed by atoms with van der Waals surface area (Å²) in [5.41, 5.74) is 9.43. The molecule has 2 nitrogen and oxygen atoms in total. The second kappa shape index (κ2) is 4.76. The monoisotopic (exact) mass is 232 g/mol. The van der Waals surface area contributed by atoms with E-state index in [0.29, 0.717) is 6.54 Å². The standard InChI is InChI=1S/C13H16N2S/c1-9-5-3-4-6-11(9)7-12-10(2)15-13(8-14)16-12/h3-6H,7-8,14H2,1-2H3. The molecule has 1 aromatic carbocycles. The number of nitrogens with zero attached hydrogens (tertiary/aromatic N) is 1. The van der Waals surface area contributed by atoms with Gasteiger partial charge in [-0.2, -0.15) is 0 Å². The van der Waals surface area contributed by atoms with Crippen molar-refractivity contribution >= 4 is 11.3 Å². The van der Waals surface area contributed by atoms with E-state index < -0.39 is 0 Å². The smallest absolute Gasteiger partial charge is 0.107 e. The molecule has 1 aromatic heterocycles. The average Bonchev–Trinajstić information content (AvgIpc) is 2.63. The lowest BCUT2D eigenvalue weighted by molar-refractivity contribution is 1.01. The van der Waals surface area contributed by atoms with E-state index >= 15 is 0 Å². The number of thiazole rings is 1. The summed E-state index contributed by atoms with van der Waals surface area (Å²) < 4.78 is 0. The van der Waals surface area contributed by atoms with E-state index in [9.17, 15) is 0 Å². The van der Waals surface area contributed by atoms with Crippen LogP contribution in [-0.4, -0.2) is 4.98 Å². The number of nitrogens with two attached hydrogens (primary N) is 1. The van der Waals surface area contributed by atoms with E-state index in [0.717, 1.165) is 17.1 Å². The van der Waals surface area contributed by atoms with Crippen molar-refractivity contribution in [1.82, 2.24) is 4.98 Å². The van der Waals surface area contributed by atoms with E-state index in [2.05, 4.69) is 43.1 Å². The maximum absolute atomic E-state index is 5.60. The summed E-state index contributed by atoms with van der Waals surface area (Å²) >= 11 is 1.73. The summed E-state index contributed by atoms with van der Waals surface area (Å²) in [7, 11) is 0. The second-order valence-electron chi connectivity index (χ2n) is 3.92. The zero-order valence-electron chi connectivity index (χ0n) is 9.66. The fourth-order valence-corrected chi connectivity index (χ4v) is 2.69. The molecule has 0 saturated carbocycles. The first-order valence-corrected chi connectivity index (χ1v) is 6.22. The summed E-state index contributed by atoms with van der Waals surface area (Å²) in [5, 5.41) is 1.03. The molecule has 3 heteroatoms. The minimum absolute atomic E-state index is 0.541. The lowest BCUT2D eigenvalue weighted by Crippen LogP contribution is -1.94. The van der Waals surface area contributed by atoms with Crippen molar-refractivity contribution in [3.8, 4) is 0 Å². The summed E-state index contributed by atoms with van der Waals surface area (Å²) in [4.78, 5) is 5.78. The van der Waals surface area contributed by atoms with Crippen molar-refractivity contribution in [2.75, 3.05) is 0 Å². The Balaban J connectivity index is 2.27. The Labute approximate surface area is 100 Å². The number of benzene rings is 1. The zero-order chi connectivity index (χ0) is 11.5. The quantitative estimate of drug-likeness (QED) is 0.883. The van der Waals surface area contributed by atoms with Crippen LogP contribution in [0.25, 0.3) is 0 Å². The molecule has 0 unspecified atom stereocenters. The average molecular weight is 232 g/mol. The lowest BCUT2D eigenvalue weighted by Gasteiger charge is -2.03. The van der Waals surface area contributed by atoms with Gasteiger partial charge in [0.25, 0.3) is 0 Å². The molecule has 0 fully saturated rings. The Morgan fingerprint density at radius 3 is 2.62 bits per heavy atom. The molecule has 1 heterocycles. The Bertz CT molecular complexity index is 488. The summed E-state index contributed by atoms with van der Waals surface area (Å²) in [6, 6.07) is 8.48. The topological polar surface area (TPSA) is 38.9 Å². The van der Waals surface area contributed by atoms with Crippen molar-refractivity contribution in [2.24, 2.45) is 5.73 Å². The van der Waals surface area contributed by atoms with Crippen LogP contribution in [0.4, 0.5) is 0 Å². The number of hydrogen-bond acceptors (Lipinski definition) is 3. The molecule has 2 N–H and O–H groups in total. The highest BCUT2D eigenvalue weighted by Gasteiger charge is 2.08.